The molecule has 1 N–H and O–H groups in total. The molecule has 5 nitrogen and oxygen atoms in total. The summed E-state index contributed by atoms with van der Waals surface area (Å²) in [5.74, 6) is 1.12. The maximum atomic E-state index is 5.10. The van der Waals surface area contributed by atoms with E-state index >= 15 is 0 Å². The first-order chi connectivity index (χ1) is 8.19. The Morgan fingerprint density at radius 1 is 1.41 bits per heavy atom. The normalized spacial score (nSPS) is 12.2. The van der Waals surface area contributed by atoms with Crippen LogP contribution in [0.15, 0.2) is 17.6 Å². The Kier molecular flexibility index (Phi) is 3.53. The molecule has 17 heavy (non-hydrogen) atoms. The molecule has 0 radical (unpaired) electrons. The maximum absolute atomic E-state index is 5.10. The quantitative estimate of drug-likeness (QED) is 0.903. The summed E-state index contributed by atoms with van der Waals surface area (Å²) >= 11 is 1.60. The third kappa shape index (κ3) is 2.91. The highest BCUT2D eigenvalue weighted by molar-refractivity contribution is 7.09. The highest BCUT2D eigenvalue weighted by Crippen LogP contribution is 2.20. The van der Waals surface area contributed by atoms with Crippen molar-refractivity contribution in [2.45, 2.75) is 19.9 Å². The largest absolute Gasteiger partial charge is 0.481 e. The van der Waals surface area contributed by atoms with Crippen molar-refractivity contribution in [1.29, 1.82) is 0 Å². The van der Waals surface area contributed by atoms with E-state index in [1.807, 2.05) is 19.2 Å². The molecule has 0 spiro atoms. The molecule has 0 bridgehead atoms. The maximum Gasteiger partial charge on any atom is 0.226 e. The molecule has 0 fully saturated rings. The number of aryl methyl sites for hydroxylation is 1. The highest BCUT2D eigenvalue weighted by Gasteiger charge is 2.10. The van der Waals surface area contributed by atoms with Crippen LogP contribution in [-0.4, -0.2) is 22.1 Å². The van der Waals surface area contributed by atoms with Crippen LogP contribution >= 0.6 is 11.3 Å². The SMILES string of the molecule is COc1cc(C)nc(NC(C)c2nccs2)n1. The molecule has 90 valence electrons. The monoisotopic (exact) mass is 250 g/mol. The standard InChI is InChI=1S/C11H14N4OS/c1-7-6-9(16-3)15-11(13-7)14-8(2)10-12-4-5-17-10/h4-6,8H,1-3H3,(H,13,14,15). The van der Waals surface area contributed by atoms with Gasteiger partial charge in [0.2, 0.25) is 11.8 Å². The van der Waals surface area contributed by atoms with E-state index in [4.69, 9.17) is 4.74 Å². The van der Waals surface area contributed by atoms with Gasteiger partial charge in [-0.3, -0.25) is 0 Å². The smallest absolute Gasteiger partial charge is 0.226 e. The summed E-state index contributed by atoms with van der Waals surface area (Å²) in [6.07, 6.45) is 1.79. The fourth-order valence-electron chi connectivity index (χ4n) is 1.41. The molecule has 0 aliphatic rings. The second-order valence-corrected chi connectivity index (χ2v) is 4.54. The number of anilines is 1. The van der Waals surface area contributed by atoms with Gasteiger partial charge in [0.25, 0.3) is 0 Å². The van der Waals surface area contributed by atoms with Crippen LogP contribution in [0.4, 0.5) is 5.95 Å². The zero-order valence-corrected chi connectivity index (χ0v) is 10.8. The summed E-state index contributed by atoms with van der Waals surface area (Å²) in [5, 5.41) is 6.16. The lowest BCUT2D eigenvalue weighted by atomic mass is 10.3. The number of hydrogen-bond acceptors (Lipinski definition) is 6. The van der Waals surface area contributed by atoms with E-state index in [0.29, 0.717) is 11.8 Å². The zero-order valence-electron chi connectivity index (χ0n) is 9.97. The van der Waals surface area contributed by atoms with Crippen LogP contribution in [0.3, 0.4) is 0 Å². The number of methoxy groups -OCH3 is 1. The molecule has 2 aromatic rings. The number of aromatic nitrogens is 3. The average molecular weight is 250 g/mol. The van der Waals surface area contributed by atoms with Crippen molar-refractivity contribution in [3.8, 4) is 5.88 Å². The Balaban J connectivity index is 2.15. The number of nitrogens with one attached hydrogen (secondary N) is 1. The molecule has 0 saturated heterocycles. The van der Waals surface area contributed by atoms with Crippen LogP contribution in [0.25, 0.3) is 0 Å². The van der Waals surface area contributed by atoms with Gasteiger partial charge in [0.15, 0.2) is 0 Å². The fraction of sp³-hybridized carbons (Fsp3) is 0.364. The van der Waals surface area contributed by atoms with Gasteiger partial charge in [-0.1, -0.05) is 0 Å². The van der Waals surface area contributed by atoms with Gasteiger partial charge < -0.3 is 10.1 Å². The Morgan fingerprint density at radius 2 is 2.24 bits per heavy atom. The van der Waals surface area contributed by atoms with Gasteiger partial charge in [-0.05, 0) is 13.8 Å². The van der Waals surface area contributed by atoms with Crippen molar-refractivity contribution in [3.63, 3.8) is 0 Å². The van der Waals surface area contributed by atoms with Gasteiger partial charge in [-0.15, -0.1) is 11.3 Å². The van der Waals surface area contributed by atoms with E-state index < -0.39 is 0 Å². The van der Waals surface area contributed by atoms with E-state index in [1.54, 1.807) is 30.7 Å². The van der Waals surface area contributed by atoms with Crippen LogP contribution < -0.4 is 10.1 Å². The highest BCUT2D eigenvalue weighted by atomic mass is 32.1. The van der Waals surface area contributed by atoms with Crippen LogP contribution in [0.5, 0.6) is 5.88 Å². The Hall–Kier alpha value is -1.69. The molecule has 0 amide bonds. The summed E-state index contributed by atoms with van der Waals surface area (Å²) in [4.78, 5) is 12.8. The van der Waals surface area contributed by atoms with Crippen LogP contribution in [0.2, 0.25) is 0 Å². The minimum absolute atomic E-state index is 0.0847. The number of thiazole rings is 1. The number of hydrogen-bond donors (Lipinski definition) is 1. The molecule has 0 saturated carbocycles. The van der Waals surface area contributed by atoms with Gasteiger partial charge >= 0.3 is 0 Å². The first-order valence-electron chi connectivity index (χ1n) is 5.24. The minimum Gasteiger partial charge on any atom is -0.481 e. The molecule has 2 rings (SSSR count). The molecule has 0 aliphatic heterocycles. The summed E-state index contributed by atoms with van der Waals surface area (Å²) < 4.78 is 5.10. The van der Waals surface area contributed by atoms with Gasteiger partial charge in [0, 0.05) is 23.3 Å². The lowest BCUT2D eigenvalue weighted by Gasteiger charge is -2.12. The number of nitrogens with zero attached hydrogens (tertiary/aromatic N) is 3. The first kappa shape index (κ1) is 11.8. The van der Waals surface area contributed by atoms with Gasteiger partial charge in [0.05, 0.1) is 13.2 Å². The predicted molar refractivity (Wildman–Crippen MR) is 67.5 cm³/mol. The minimum atomic E-state index is 0.0847. The molecule has 2 aromatic heterocycles. The third-order valence-electron chi connectivity index (χ3n) is 2.21. The van der Waals surface area contributed by atoms with Gasteiger partial charge in [-0.2, -0.15) is 4.98 Å². The van der Waals surface area contributed by atoms with E-state index in [0.717, 1.165) is 10.7 Å². The van der Waals surface area contributed by atoms with Crippen LogP contribution in [-0.2, 0) is 0 Å². The molecule has 2 heterocycles. The third-order valence-corrected chi connectivity index (χ3v) is 3.17. The molecule has 1 unspecified atom stereocenters. The van der Waals surface area contributed by atoms with E-state index in [1.165, 1.54) is 0 Å². The summed E-state index contributed by atoms with van der Waals surface area (Å²) in [6.45, 7) is 3.93. The van der Waals surface area contributed by atoms with E-state index in [9.17, 15) is 0 Å². The Bertz CT molecular complexity index is 486. The molecular formula is C11H14N4OS. The summed E-state index contributed by atoms with van der Waals surface area (Å²) in [7, 11) is 1.59. The first-order valence-corrected chi connectivity index (χ1v) is 6.12. The number of ether oxygens (including phenoxy) is 1. The van der Waals surface area contributed by atoms with Crippen LogP contribution in [0.1, 0.15) is 23.7 Å². The molecule has 0 aliphatic carbocycles. The lowest BCUT2D eigenvalue weighted by molar-refractivity contribution is 0.397. The van der Waals surface area contributed by atoms with Gasteiger partial charge in [-0.25, -0.2) is 9.97 Å². The second-order valence-electron chi connectivity index (χ2n) is 3.61. The van der Waals surface area contributed by atoms with Crippen molar-refractivity contribution >= 4 is 17.3 Å². The fourth-order valence-corrected chi connectivity index (χ4v) is 2.06. The average Bonchev–Trinajstić information content (AvgIpc) is 2.81. The van der Waals surface area contributed by atoms with Crippen molar-refractivity contribution in [3.05, 3.63) is 28.3 Å². The lowest BCUT2D eigenvalue weighted by Crippen LogP contribution is -2.10. The number of rotatable bonds is 4. The Morgan fingerprint density at radius 3 is 2.88 bits per heavy atom. The van der Waals surface area contributed by atoms with Crippen molar-refractivity contribution in [2.24, 2.45) is 0 Å². The van der Waals surface area contributed by atoms with Crippen molar-refractivity contribution in [1.82, 2.24) is 15.0 Å². The van der Waals surface area contributed by atoms with E-state index in [-0.39, 0.29) is 6.04 Å². The molecule has 1 atom stereocenters. The molecule has 0 aromatic carbocycles. The summed E-state index contributed by atoms with van der Waals surface area (Å²) in [5.41, 5.74) is 0.866. The van der Waals surface area contributed by atoms with Crippen molar-refractivity contribution < 1.29 is 4.74 Å². The van der Waals surface area contributed by atoms with Crippen molar-refractivity contribution in [2.75, 3.05) is 12.4 Å². The molecular weight excluding hydrogens is 236 g/mol. The topological polar surface area (TPSA) is 59.9 Å². The zero-order chi connectivity index (χ0) is 12.3. The Labute approximate surface area is 104 Å². The van der Waals surface area contributed by atoms with Gasteiger partial charge in [0.1, 0.15) is 5.01 Å². The second kappa shape index (κ2) is 5.09. The molecule has 6 heteroatoms. The van der Waals surface area contributed by atoms with E-state index in [2.05, 4.69) is 20.3 Å². The van der Waals surface area contributed by atoms with Crippen LogP contribution in [0, 0.1) is 6.92 Å². The predicted octanol–water partition coefficient (Wildman–Crippen LogP) is 2.42. The summed E-state index contributed by atoms with van der Waals surface area (Å²) in [6, 6.07) is 1.88.